The number of Topliss-reactive ketones (excluding diaryl/α,β-unsaturated/α-hetero) is 1. The molecule has 4 heteroatoms. The van der Waals surface area contributed by atoms with Crippen LogP contribution in [-0.4, -0.2) is 22.6 Å². The lowest BCUT2D eigenvalue weighted by Gasteiger charge is -2.30. The molecule has 3 nitrogen and oxygen atoms in total. The van der Waals surface area contributed by atoms with Crippen LogP contribution in [0, 0.1) is 5.92 Å². The summed E-state index contributed by atoms with van der Waals surface area (Å²) >= 11 is 3.19. The molecule has 0 saturated carbocycles. The Bertz CT molecular complexity index is 341. The van der Waals surface area contributed by atoms with Crippen molar-refractivity contribution in [2.24, 2.45) is 5.92 Å². The Morgan fingerprint density at radius 1 is 1.50 bits per heavy atom. The van der Waals surface area contributed by atoms with E-state index in [1.807, 2.05) is 19.9 Å². The number of alkyl halides is 1. The van der Waals surface area contributed by atoms with Crippen molar-refractivity contribution < 1.29 is 9.59 Å². The molecule has 0 saturated heterocycles. The molecule has 2 atom stereocenters. The van der Waals surface area contributed by atoms with E-state index in [1.165, 1.54) is 0 Å². The number of carbonyl (C=O) groups is 2. The molecule has 0 aliphatic heterocycles. The molecule has 0 spiro atoms. The number of amides is 1. The fourth-order valence-electron chi connectivity index (χ4n) is 2.31. The molecule has 1 amide bonds. The lowest BCUT2D eigenvalue weighted by molar-refractivity contribution is -0.132. The fraction of sp³-hybridized carbons (Fsp3) is 0.714. The van der Waals surface area contributed by atoms with E-state index in [0.29, 0.717) is 6.42 Å². The average Bonchev–Trinajstić information content (AvgIpc) is 2.39. The smallest absolute Gasteiger partial charge is 0.227 e. The Kier molecular flexibility index (Phi) is 6.06. The summed E-state index contributed by atoms with van der Waals surface area (Å²) in [6.45, 7) is 3.84. The third-order valence-corrected chi connectivity index (χ3v) is 3.99. The maximum atomic E-state index is 12.2. The molecule has 0 fully saturated rings. The number of carbonyl (C=O) groups excluding carboxylic acids is 2. The molecule has 0 radical (unpaired) electrons. The monoisotopic (exact) mass is 315 g/mol. The minimum absolute atomic E-state index is 0.0174. The van der Waals surface area contributed by atoms with Crippen LogP contribution in [0.1, 0.15) is 46.0 Å². The number of allylic oxidation sites excluding steroid dienone is 1. The molecular weight excluding hydrogens is 294 g/mol. The van der Waals surface area contributed by atoms with Crippen molar-refractivity contribution in [2.45, 2.75) is 51.5 Å². The summed E-state index contributed by atoms with van der Waals surface area (Å²) in [7, 11) is 0. The molecule has 1 N–H and O–H groups in total. The summed E-state index contributed by atoms with van der Waals surface area (Å²) in [6.07, 6.45) is 8.55. The van der Waals surface area contributed by atoms with Gasteiger partial charge < -0.3 is 5.32 Å². The van der Waals surface area contributed by atoms with Crippen LogP contribution >= 0.6 is 15.9 Å². The van der Waals surface area contributed by atoms with E-state index in [9.17, 15) is 9.59 Å². The summed E-state index contributed by atoms with van der Waals surface area (Å²) in [6, 6.07) is 0. The predicted molar refractivity (Wildman–Crippen MR) is 76.7 cm³/mol. The summed E-state index contributed by atoms with van der Waals surface area (Å²) in [4.78, 5) is 24.1. The van der Waals surface area contributed by atoms with Crippen LogP contribution in [0.25, 0.3) is 0 Å². The highest BCUT2D eigenvalue weighted by Gasteiger charge is 2.34. The maximum absolute atomic E-state index is 12.2. The fourth-order valence-corrected chi connectivity index (χ4v) is 2.93. The van der Waals surface area contributed by atoms with E-state index < -0.39 is 5.54 Å². The molecule has 1 aliphatic rings. The molecule has 0 aromatic heterocycles. The van der Waals surface area contributed by atoms with Crippen molar-refractivity contribution in [3.63, 3.8) is 0 Å². The molecule has 2 unspecified atom stereocenters. The van der Waals surface area contributed by atoms with Crippen molar-refractivity contribution in [3.05, 3.63) is 12.2 Å². The highest BCUT2D eigenvalue weighted by Crippen LogP contribution is 2.21. The van der Waals surface area contributed by atoms with E-state index in [-0.39, 0.29) is 22.9 Å². The van der Waals surface area contributed by atoms with E-state index in [4.69, 9.17) is 0 Å². The van der Waals surface area contributed by atoms with Gasteiger partial charge >= 0.3 is 0 Å². The zero-order chi connectivity index (χ0) is 13.6. The van der Waals surface area contributed by atoms with Crippen LogP contribution < -0.4 is 5.32 Å². The molecule has 18 heavy (non-hydrogen) atoms. The Morgan fingerprint density at radius 2 is 2.22 bits per heavy atom. The van der Waals surface area contributed by atoms with E-state index in [0.717, 1.165) is 25.7 Å². The number of hydrogen-bond acceptors (Lipinski definition) is 2. The van der Waals surface area contributed by atoms with Crippen LogP contribution in [0.4, 0.5) is 0 Å². The first-order valence-electron chi connectivity index (χ1n) is 6.61. The van der Waals surface area contributed by atoms with Gasteiger partial charge in [0.15, 0.2) is 5.78 Å². The first-order chi connectivity index (χ1) is 8.53. The SMILES string of the molecule is CCCC(C)(NC(=O)C1C=CCCC1)C(=O)CBr. The first kappa shape index (κ1) is 15.4. The van der Waals surface area contributed by atoms with Gasteiger partial charge in [-0.15, -0.1) is 0 Å². The lowest BCUT2D eigenvalue weighted by atomic mass is 9.89. The van der Waals surface area contributed by atoms with Crippen molar-refractivity contribution in [2.75, 3.05) is 5.33 Å². The highest BCUT2D eigenvalue weighted by atomic mass is 79.9. The molecule has 1 rings (SSSR count). The largest absolute Gasteiger partial charge is 0.343 e. The van der Waals surface area contributed by atoms with Gasteiger partial charge in [-0.2, -0.15) is 0 Å². The number of nitrogens with one attached hydrogen (secondary N) is 1. The Labute approximate surface area is 118 Å². The molecular formula is C14H22BrNO2. The number of hydrogen-bond donors (Lipinski definition) is 1. The second-order valence-electron chi connectivity index (χ2n) is 5.09. The van der Waals surface area contributed by atoms with E-state index in [1.54, 1.807) is 0 Å². The topological polar surface area (TPSA) is 46.2 Å². The molecule has 102 valence electrons. The van der Waals surface area contributed by atoms with Crippen molar-refractivity contribution >= 4 is 27.6 Å². The van der Waals surface area contributed by atoms with Gasteiger partial charge in [0.25, 0.3) is 0 Å². The quantitative estimate of drug-likeness (QED) is 0.605. The van der Waals surface area contributed by atoms with Gasteiger partial charge in [0.2, 0.25) is 5.91 Å². The third-order valence-electron chi connectivity index (χ3n) is 3.48. The predicted octanol–water partition coefficient (Wildman–Crippen LogP) is 2.98. The van der Waals surface area contributed by atoms with Crippen molar-refractivity contribution in [1.82, 2.24) is 5.32 Å². The molecule has 0 aromatic carbocycles. The first-order valence-corrected chi connectivity index (χ1v) is 7.73. The standard InChI is InChI=1S/C14H22BrNO2/c1-3-9-14(2,12(17)10-15)16-13(18)11-7-5-4-6-8-11/h5,7,11H,3-4,6,8-10H2,1-2H3,(H,16,18). The van der Waals surface area contributed by atoms with Gasteiger partial charge in [-0.3, -0.25) is 9.59 Å². The van der Waals surface area contributed by atoms with Gasteiger partial charge in [-0.1, -0.05) is 41.4 Å². The maximum Gasteiger partial charge on any atom is 0.227 e. The molecule has 0 bridgehead atoms. The van der Waals surface area contributed by atoms with Gasteiger partial charge in [0.1, 0.15) is 0 Å². The zero-order valence-electron chi connectivity index (χ0n) is 11.2. The van der Waals surface area contributed by atoms with Crippen molar-refractivity contribution in [3.8, 4) is 0 Å². The molecule has 0 heterocycles. The summed E-state index contributed by atoms with van der Waals surface area (Å²) < 4.78 is 0. The summed E-state index contributed by atoms with van der Waals surface area (Å²) in [5.74, 6) is -0.0493. The van der Waals surface area contributed by atoms with Gasteiger partial charge in [-0.25, -0.2) is 0 Å². The summed E-state index contributed by atoms with van der Waals surface area (Å²) in [5, 5.41) is 3.23. The second-order valence-corrected chi connectivity index (χ2v) is 5.65. The van der Waals surface area contributed by atoms with Gasteiger partial charge in [0.05, 0.1) is 16.8 Å². The van der Waals surface area contributed by atoms with Crippen molar-refractivity contribution in [1.29, 1.82) is 0 Å². The second kappa shape index (κ2) is 7.07. The summed E-state index contributed by atoms with van der Waals surface area (Å²) in [5.41, 5.74) is -0.735. The van der Waals surface area contributed by atoms with Gasteiger partial charge in [0, 0.05) is 0 Å². The van der Waals surface area contributed by atoms with Crippen LogP contribution in [0.2, 0.25) is 0 Å². The van der Waals surface area contributed by atoms with Crippen LogP contribution in [-0.2, 0) is 9.59 Å². The number of halogens is 1. The zero-order valence-corrected chi connectivity index (χ0v) is 12.8. The van der Waals surface area contributed by atoms with Crippen LogP contribution in [0.5, 0.6) is 0 Å². The van der Waals surface area contributed by atoms with Gasteiger partial charge in [-0.05, 0) is 32.6 Å². The number of ketones is 1. The average molecular weight is 316 g/mol. The third kappa shape index (κ3) is 3.94. The molecule has 0 aromatic rings. The Balaban J connectivity index is 2.70. The molecule has 1 aliphatic carbocycles. The highest BCUT2D eigenvalue weighted by molar-refractivity contribution is 9.09. The van der Waals surface area contributed by atoms with E-state index in [2.05, 4.69) is 27.3 Å². The number of rotatable bonds is 6. The van der Waals surface area contributed by atoms with Crippen LogP contribution in [0.3, 0.4) is 0 Å². The minimum Gasteiger partial charge on any atom is -0.343 e. The Morgan fingerprint density at radius 3 is 2.72 bits per heavy atom. The van der Waals surface area contributed by atoms with Crippen LogP contribution in [0.15, 0.2) is 12.2 Å². The normalized spacial score (nSPS) is 22.3. The van der Waals surface area contributed by atoms with E-state index >= 15 is 0 Å². The Hall–Kier alpha value is -0.640. The minimum atomic E-state index is -0.735. The lowest BCUT2D eigenvalue weighted by Crippen LogP contribution is -2.54.